The van der Waals surface area contributed by atoms with Gasteiger partial charge in [-0.1, -0.05) is 11.6 Å². The highest BCUT2D eigenvalue weighted by Gasteiger charge is 2.18. The van der Waals surface area contributed by atoms with E-state index in [9.17, 15) is 4.79 Å². The highest BCUT2D eigenvalue weighted by molar-refractivity contribution is 6.30. The molecule has 1 N–H and O–H groups in total. The van der Waals surface area contributed by atoms with Crippen LogP contribution in [0, 0.1) is 5.92 Å². The second kappa shape index (κ2) is 9.23. The first kappa shape index (κ1) is 19.1. The van der Waals surface area contributed by atoms with Crippen LogP contribution < -0.4 is 10.1 Å². The molecule has 1 aromatic carbocycles. The topological polar surface area (TPSA) is 41.6 Å². The van der Waals surface area contributed by atoms with Gasteiger partial charge in [-0.2, -0.15) is 0 Å². The van der Waals surface area contributed by atoms with E-state index >= 15 is 0 Å². The molecular weight excluding hydrogens is 323 g/mol. The molecule has 1 amide bonds. The minimum absolute atomic E-state index is 0. The summed E-state index contributed by atoms with van der Waals surface area (Å²) in [4.78, 5) is 14.0. The molecule has 0 aliphatic carbocycles. The molecule has 4 nitrogen and oxygen atoms in total. The minimum atomic E-state index is 0. The second-order valence-electron chi connectivity index (χ2n) is 5.60. The van der Waals surface area contributed by atoms with Gasteiger partial charge in [0.25, 0.3) is 0 Å². The standard InChI is InChI=1S/C16H23ClN2O2.ClH/c1-19(16(20)6-3-12-7-8-18-10-12)11-13-9-14(17)4-5-15(13)21-2;/h4-5,9,12,18H,3,6-8,10-11H2,1-2H3;1H. The van der Waals surface area contributed by atoms with Crippen LogP contribution in [0.15, 0.2) is 18.2 Å². The van der Waals surface area contributed by atoms with Crippen molar-refractivity contribution in [2.45, 2.75) is 25.8 Å². The lowest BCUT2D eigenvalue weighted by Gasteiger charge is -2.20. The van der Waals surface area contributed by atoms with Crippen LogP contribution in [0.5, 0.6) is 5.75 Å². The number of halogens is 2. The zero-order chi connectivity index (χ0) is 15.2. The fraction of sp³-hybridized carbons (Fsp3) is 0.562. The van der Waals surface area contributed by atoms with Crippen LogP contribution >= 0.6 is 24.0 Å². The molecule has 0 saturated carbocycles. The summed E-state index contributed by atoms with van der Waals surface area (Å²) in [5.74, 6) is 1.58. The molecular formula is C16H24Cl2N2O2. The Bertz CT molecular complexity index is 491. The van der Waals surface area contributed by atoms with Crippen LogP contribution in [0.25, 0.3) is 0 Å². The molecule has 1 heterocycles. The summed E-state index contributed by atoms with van der Waals surface area (Å²) in [6.45, 7) is 2.64. The second-order valence-corrected chi connectivity index (χ2v) is 6.04. The smallest absolute Gasteiger partial charge is 0.222 e. The average Bonchev–Trinajstić information content (AvgIpc) is 2.98. The quantitative estimate of drug-likeness (QED) is 0.860. The van der Waals surface area contributed by atoms with E-state index in [0.717, 1.165) is 30.8 Å². The van der Waals surface area contributed by atoms with Crippen molar-refractivity contribution in [1.29, 1.82) is 0 Å². The molecule has 1 fully saturated rings. The fourth-order valence-corrected chi connectivity index (χ4v) is 2.89. The third kappa shape index (κ3) is 5.34. The molecule has 1 aliphatic heterocycles. The molecule has 0 aromatic heterocycles. The van der Waals surface area contributed by atoms with Crippen LogP contribution in [0.1, 0.15) is 24.8 Å². The van der Waals surface area contributed by atoms with Crippen molar-refractivity contribution in [2.75, 3.05) is 27.2 Å². The van der Waals surface area contributed by atoms with Crippen molar-refractivity contribution in [3.05, 3.63) is 28.8 Å². The number of ether oxygens (including phenoxy) is 1. The van der Waals surface area contributed by atoms with Crippen molar-refractivity contribution in [2.24, 2.45) is 5.92 Å². The van der Waals surface area contributed by atoms with Crippen molar-refractivity contribution in [3.63, 3.8) is 0 Å². The third-order valence-corrected chi connectivity index (χ3v) is 4.24. The molecule has 1 aromatic rings. The summed E-state index contributed by atoms with van der Waals surface area (Å²) < 4.78 is 5.32. The predicted octanol–water partition coefficient (Wildman–Crippen LogP) is 3.12. The van der Waals surface area contributed by atoms with Crippen molar-refractivity contribution < 1.29 is 9.53 Å². The van der Waals surface area contributed by atoms with Crippen molar-refractivity contribution in [3.8, 4) is 5.75 Å². The number of hydrogen-bond acceptors (Lipinski definition) is 3. The van der Waals surface area contributed by atoms with Gasteiger partial charge in [0, 0.05) is 30.6 Å². The Morgan fingerprint density at radius 3 is 2.91 bits per heavy atom. The highest BCUT2D eigenvalue weighted by atomic mass is 35.5. The van der Waals surface area contributed by atoms with E-state index < -0.39 is 0 Å². The van der Waals surface area contributed by atoms with Gasteiger partial charge in [-0.15, -0.1) is 12.4 Å². The van der Waals surface area contributed by atoms with E-state index in [4.69, 9.17) is 16.3 Å². The van der Waals surface area contributed by atoms with Gasteiger partial charge in [-0.3, -0.25) is 4.79 Å². The van der Waals surface area contributed by atoms with E-state index in [1.165, 1.54) is 6.42 Å². The maximum Gasteiger partial charge on any atom is 0.222 e. The van der Waals surface area contributed by atoms with Crippen LogP contribution in [0.4, 0.5) is 0 Å². The summed E-state index contributed by atoms with van der Waals surface area (Å²) in [6, 6.07) is 5.48. The Morgan fingerprint density at radius 2 is 2.27 bits per heavy atom. The lowest BCUT2D eigenvalue weighted by atomic mass is 10.0. The Balaban J connectivity index is 0.00000242. The van der Waals surface area contributed by atoms with Gasteiger partial charge in [0.1, 0.15) is 5.75 Å². The van der Waals surface area contributed by atoms with Gasteiger partial charge < -0.3 is 15.0 Å². The zero-order valence-corrected chi connectivity index (χ0v) is 14.7. The number of nitrogens with one attached hydrogen (secondary N) is 1. The van der Waals surface area contributed by atoms with Crippen LogP contribution in [-0.4, -0.2) is 38.1 Å². The lowest BCUT2D eigenvalue weighted by molar-refractivity contribution is -0.130. The number of nitrogens with zero attached hydrogens (tertiary/aromatic N) is 1. The zero-order valence-electron chi connectivity index (χ0n) is 13.1. The molecule has 6 heteroatoms. The van der Waals surface area contributed by atoms with Crippen molar-refractivity contribution >= 4 is 29.9 Å². The van der Waals surface area contributed by atoms with Crippen LogP contribution in [0.2, 0.25) is 5.02 Å². The Kier molecular flexibility index (Phi) is 8.01. The van der Waals surface area contributed by atoms with E-state index in [1.54, 1.807) is 18.1 Å². The largest absolute Gasteiger partial charge is 0.496 e. The molecule has 22 heavy (non-hydrogen) atoms. The van der Waals surface area contributed by atoms with Gasteiger partial charge in [0.2, 0.25) is 5.91 Å². The number of rotatable bonds is 6. The summed E-state index contributed by atoms with van der Waals surface area (Å²) in [5, 5.41) is 3.99. The number of amides is 1. The van der Waals surface area contributed by atoms with E-state index in [-0.39, 0.29) is 18.3 Å². The van der Waals surface area contributed by atoms with E-state index in [2.05, 4.69) is 5.32 Å². The van der Waals surface area contributed by atoms with Gasteiger partial charge in [0.15, 0.2) is 0 Å². The molecule has 1 aliphatic rings. The fourth-order valence-electron chi connectivity index (χ4n) is 2.69. The van der Waals surface area contributed by atoms with Gasteiger partial charge >= 0.3 is 0 Å². The first-order valence-corrected chi connectivity index (χ1v) is 7.75. The molecule has 0 radical (unpaired) electrons. The predicted molar refractivity (Wildman–Crippen MR) is 91.9 cm³/mol. The molecule has 124 valence electrons. The lowest BCUT2D eigenvalue weighted by Crippen LogP contribution is -2.26. The van der Waals surface area contributed by atoms with Gasteiger partial charge in [-0.05, 0) is 50.0 Å². The monoisotopic (exact) mass is 346 g/mol. The third-order valence-electron chi connectivity index (χ3n) is 4.00. The van der Waals surface area contributed by atoms with E-state index in [0.29, 0.717) is 23.9 Å². The SMILES string of the molecule is COc1ccc(Cl)cc1CN(C)C(=O)CCC1CCNC1.Cl. The molecule has 0 spiro atoms. The van der Waals surface area contributed by atoms with Crippen molar-refractivity contribution in [1.82, 2.24) is 10.2 Å². The number of methoxy groups -OCH3 is 1. The van der Waals surface area contributed by atoms with Crippen LogP contribution in [0.3, 0.4) is 0 Å². The molecule has 1 atom stereocenters. The van der Waals surface area contributed by atoms with E-state index in [1.807, 2.05) is 19.2 Å². The Morgan fingerprint density at radius 1 is 1.50 bits per heavy atom. The van der Waals surface area contributed by atoms with Gasteiger partial charge in [-0.25, -0.2) is 0 Å². The highest BCUT2D eigenvalue weighted by Crippen LogP contribution is 2.24. The normalized spacial score (nSPS) is 17.0. The number of carbonyl (C=O) groups is 1. The maximum atomic E-state index is 12.2. The number of hydrogen-bond donors (Lipinski definition) is 1. The first-order chi connectivity index (χ1) is 10.1. The summed E-state index contributed by atoms with van der Waals surface area (Å²) in [7, 11) is 3.46. The molecule has 2 rings (SSSR count). The maximum absolute atomic E-state index is 12.2. The Labute approximate surface area is 143 Å². The number of benzene rings is 1. The summed E-state index contributed by atoms with van der Waals surface area (Å²) in [5.41, 5.74) is 0.934. The number of carbonyl (C=O) groups excluding carboxylic acids is 1. The molecule has 1 saturated heterocycles. The molecule has 1 unspecified atom stereocenters. The summed E-state index contributed by atoms with van der Waals surface area (Å²) in [6.07, 6.45) is 2.74. The first-order valence-electron chi connectivity index (χ1n) is 7.37. The summed E-state index contributed by atoms with van der Waals surface area (Å²) >= 11 is 6.02. The average molecular weight is 347 g/mol. The van der Waals surface area contributed by atoms with Crippen LogP contribution in [-0.2, 0) is 11.3 Å². The Hall–Kier alpha value is -0.970. The van der Waals surface area contributed by atoms with Gasteiger partial charge in [0.05, 0.1) is 7.11 Å². The minimum Gasteiger partial charge on any atom is -0.496 e. The molecule has 0 bridgehead atoms.